The summed E-state index contributed by atoms with van der Waals surface area (Å²) in [6.45, 7) is 4.28. The summed E-state index contributed by atoms with van der Waals surface area (Å²) >= 11 is 0. The van der Waals surface area contributed by atoms with Crippen LogP contribution in [0.5, 0.6) is 0 Å². The van der Waals surface area contributed by atoms with Gasteiger partial charge in [-0.3, -0.25) is 4.90 Å². The van der Waals surface area contributed by atoms with E-state index in [2.05, 4.69) is 15.2 Å². The zero-order chi connectivity index (χ0) is 16.4. The van der Waals surface area contributed by atoms with E-state index in [9.17, 15) is 4.79 Å². The molecule has 0 unspecified atom stereocenters. The van der Waals surface area contributed by atoms with Crippen LogP contribution in [-0.2, 0) is 6.54 Å². The van der Waals surface area contributed by atoms with Crippen molar-refractivity contribution in [3.63, 3.8) is 0 Å². The summed E-state index contributed by atoms with van der Waals surface area (Å²) in [5, 5.41) is 2.88. The number of benzene rings is 1. The molecular weight excluding hydrogens is 304 g/mol. The van der Waals surface area contributed by atoms with E-state index in [1.165, 1.54) is 0 Å². The van der Waals surface area contributed by atoms with Gasteiger partial charge in [0.15, 0.2) is 5.76 Å². The molecule has 0 bridgehead atoms. The maximum atomic E-state index is 11.8. The molecule has 6 heteroatoms. The van der Waals surface area contributed by atoms with E-state index in [0.29, 0.717) is 6.04 Å². The van der Waals surface area contributed by atoms with E-state index in [1.54, 1.807) is 6.20 Å². The summed E-state index contributed by atoms with van der Waals surface area (Å²) in [6.07, 6.45) is 3.82. The Balaban J connectivity index is 1.33. The van der Waals surface area contributed by atoms with Crippen LogP contribution in [0.15, 0.2) is 40.9 Å². The first kappa shape index (κ1) is 15.2. The molecule has 2 amide bonds. The molecule has 1 N–H and O–H groups in total. The Morgan fingerprint density at radius 3 is 2.67 bits per heavy atom. The Labute approximate surface area is 141 Å². The van der Waals surface area contributed by atoms with Gasteiger partial charge >= 0.3 is 6.03 Å². The molecular formula is C18H22N4O2. The number of nitrogens with zero attached hydrogens (tertiary/aromatic N) is 3. The zero-order valence-electron chi connectivity index (χ0n) is 13.6. The Morgan fingerprint density at radius 1 is 1.17 bits per heavy atom. The third-order valence-corrected chi connectivity index (χ3v) is 4.86. The quantitative estimate of drug-likeness (QED) is 0.937. The topological polar surface area (TPSA) is 61.6 Å². The molecule has 0 atom stereocenters. The van der Waals surface area contributed by atoms with Gasteiger partial charge in [0.2, 0.25) is 5.89 Å². The largest absolute Gasteiger partial charge is 0.439 e. The molecule has 0 spiro atoms. The molecule has 2 aliphatic rings. The van der Waals surface area contributed by atoms with Crippen LogP contribution in [-0.4, -0.2) is 53.0 Å². The molecule has 1 aromatic carbocycles. The summed E-state index contributed by atoms with van der Waals surface area (Å²) in [5.41, 5.74) is 1.05. The summed E-state index contributed by atoms with van der Waals surface area (Å²) in [5.74, 6) is 1.57. The number of carbonyl (C=O) groups is 1. The lowest BCUT2D eigenvalue weighted by Gasteiger charge is -2.35. The SMILES string of the molecule is O=C1NCCN1C1CCN(Cc2ncc(-c3ccccc3)o2)CC1. The lowest BCUT2D eigenvalue weighted by Crippen LogP contribution is -2.45. The number of carbonyl (C=O) groups excluding carboxylic acids is 1. The average molecular weight is 326 g/mol. The molecule has 2 aliphatic heterocycles. The highest BCUT2D eigenvalue weighted by Gasteiger charge is 2.30. The minimum atomic E-state index is 0.0913. The van der Waals surface area contributed by atoms with E-state index in [4.69, 9.17) is 4.42 Å². The minimum absolute atomic E-state index is 0.0913. The van der Waals surface area contributed by atoms with Gasteiger partial charge in [-0.15, -0.1) is 0 Å². The molecule has 6 nitrogen and oxygen atoms in total. The second-order valence-corrected chi connectivity index (χ2v) is 6.42. The van der Waals surface area contributed by atoms with Crippen molar-refractivity contribution < 1.29 is 9.21 Å². The van der Waals surface area contributed by atoms with Crippen LogP contribution in [0.2, 0.25) is 0 Å². The van der Waals surface area contributed by atoms with Crippen molar-refractivity contribution in [2.45, 2.75) is 25.4 Å². The highest BCUT2D eigenvalue weighted by molar-refractivity contribution is 5.76. The second kappa shape index (κ2) is 6.65. The molecule has 4 rings (SSSR count). The van der Waals surface area contributed by atoms with E-state index in [-0.39, 0.29) is 6.03 Å². The van der Waals surface area contributed by atoms with Crippen LogP contribution in [0.4, 0.5) is 4.79 Å². The second-order valence-electron chi connectivity index (χ2n) is 6.42. The number of rotatable bonds is 4. The van der Waals surface area contributed by atoms with E-state index < -0.39 is 0 Å². The van der Waals surface area contributed by atoms with Crippen LogP contribution >= 0.6 is 0 Å². The van der Waals surface area contributed by atoms with Crippen molar-refractivity contribution in [2.24, 2.45) is 0 Å². The molecule has 2 fully saturated rings. The Bertz CT molecular complexity index is 692. The van der Waals surface area contributed by atoms with Gasteiger partial charge in [0.05, 0.1) is 12.7 Å². The normalized spacial score (nSPS) is 19.7. The summed E-state index contributed by atoms with van der Waals surface area (Å²) in [7, 11) is 0. The van der Waals surface area contributed by atoms with Crippen molar-refractivity contribution in [2.75, 3.05) is 26.2 Å². The number of oxazole rings is 1. The van der Waals surface area contributed by atoms with Gasteiger partial charge in [-0.05, 0) is 12.8 Å². The number of amides is 2. The first-order valence-electron chi connectivity index (χ1n) is 8.56. The Kier molecular flexibility index (Phi) is 4.21. The van der Waals surface area contributed by atoms with Crippen molar-refractivity contribution in [3.05, 3.63) is 42.4 Å². The van der Waals surface area contributed by atoms with Crippen molar-refractivity contribution in [1.29, 1.82) is 0 Å². The number of hydrogen-bond donors (Lipinski definition) is 1. The van der Waals surface area contributed by atoms with Crippen LogP contribution in [0.25, 0.3) is 11.3 Å². The highest BCUT2D eigenvalue weighted by atomic mass is 16.4. The van der Waals surface area contributed by atoms with Crippen molar-refractivity contribution in [3.8, 4) is 11.3 Å². The number of urea groups is 1. The summed E-state index contributed by atoms with van der Waals surface area (Å²) in [4.78, 5) is 20.5. The molecule has 0 saturated carbocycles. The maximum absolute atomic E-state index is 11.8. The fourth-order valence-corrected chi connectivity index (χ4v) is 3.53. The average Bonchev–Trinajstić information content (AvgIpc) is 3.26. The van der Waals surface area contributed by atoms with E-state index in [0.717, 1.165) is 62.8 Å². The molecule has 0 aliphatic carbocycles. The van der Waals surface area contributed by atoms with E-state index >= 15 is 0 Å². The van der Waals surface area contributed by atoms with Crippen LogP contribution in [0.3, 0.4) is 0 Å². The number of nitrogens with one attached hydrogen (secondary N) is 1. The highest BCUT2D eigenvalue weighted by Crippen LogP contribution is 2.23. The predicted octanol–water partition coefficient (Wildman–Crippen LogP) is 2.33. The Hall–Kier alpha value is -2.34. The van der Waals surface area contributed by atoms with Gasteiger partial charge in [-0.1, -0.05) is 30.3 Å². The molecule has 2 saturated heterocycles. The number of aromatic nitrogens is 1. The lowest BCUT2D eigenvalue weighted by atomic mass is 10.0. The maximum Gasteiger partial charge on any atom is 0.317 e. The third kappa shape index (κ3) is 3.14. The predicted molar refractivity (Wildman–Crippen MR) is 90.3 cm³/mol. The number of piperidine rings is 1. The zero-order valence-corrected chi connectivity index (χ0v) is 13.6. The standard InChI is InChI=1S/C18H22N4O2/c23-18-19-8-11-22(18)15-6-9-21(10-7-15)13-17-20-12-16(24-17)14-4-2-1-3-5-14/h1-5,12,15H,6-11,13H2,(H,19,23). The molecule has 1 aromatic heterocycles. The monoisotopic (exact) mass is 326 g/mol. The van der Waals surface area contributed by atoms with Gasteiger partial charge in [-0.2, -0.15) is 0 Å². The lowest BCUT2D eigenvalue weighted by molar-refractivity contribution is 0.126. The van der Waals surface area contributed by atoms with Crippen molar-refractivity contribution in [1.82, 2.24) is 20.1 Å². The van der Waals surface area contributed by atoms with Crippen molar-refractivity contribution >= 4 is 6.03 Å². The van der Waals surface area contributed by atoms with E-state index in [1.807, 2.05) is 35.2 Å². The smallest absolute Gasteiger partial charge is 0.317 e. The first-order valence-corrected chi connectivity index (χ1v) is 8.56. The third-order valence-electron chi connectivity index (χ3n) is 4.86. The Morgan fingerprint density at radius 2 is 1.96 bits per heavy atom. The number of likely N-dealkylation sites (tertiary alicyclic amines) is 1. The first-order chi connectivity index (χ1) is 11.8. The van der Waals surface area contributed by atoms with Gasteiger partial charge in [0.1, 0.15) is 0 Å². The molecule has 0 radical (unpaired) electrons. The summed E-state index contributed by atoms with van der Waals surface area (Å²) in [6, 6.07) is 10.5. The molecule has 2 aromatic rings. The fourth-order valence-electron chi connectivity index (χ4n) is 3.53. The van der Waals surface area contributed by atoms with Gasteiger partial charge in [0, 0.05) is 37.8 Å². The van der Waals surface area contributed by atoms with Gasteiger partial charge in [0.25, 0.3) is 0 Å². The fraction of sp³-hybridized carbons (Fsp3) is 0.444. The molecule has 3 heterocycles. The van der Waals surface area contributed by atoms with Crippen LogP contribution < -0.4 is 5.32 Å². The van der Waals surface area contributed by atoms with Gasteiger partial charge < -0.3 is 14.6 Å². The minimum Gasteiger partial charge on any atom is -0.439 e. The molecule has 126 valence electrons. The summed E-state index contributed by atoms with van der Waals surface area (Å²) < 4.78 is 5.89. The van der Waals surface area contributed by atoms with Crippen LogP contribution in [0, 0.1) is 0 Å². The number of hydrogen-bond acceptors (Lipinski definition) is 4. The van der Waals surface area contributed by atoms with Gasteiger partial charge in [-0.25, -0.2) is 9.78 Å². The molecule has 24 heavy (non-hydrogen) atoms. The van der Waals surface area contributed by atoms with Crippen LogP contribution in [0.1, 0.15) is 18.7 Å².